The van der Waals surface area contributed by atoms with Gasteiger partial charge in [-0.3, -0.25) is 5.10 Å². The molecule has 16 heavy (non-hydrogen) atoms. The summed E-state index contributed by atoms with van der Waals surface area (Å²) in [4.78, 5) is 0. The standard InChI is InChI=1S/C11H12IN3S/c1-2-7-15-10(13-14-11(15)16)8-5-3-4-6-9(8)12/h3-6H,2,7H2,1H3,(H,14,16). The van der Waals surface area contributed by atoms with Gasteiger partial charge in [0.1, 0.15) is 0 Å². The molecule has 0 spiro atoms. The van der Waals surface area contributed by atoms with Crippen molar-refractivity contribution in [1.29, 1.82) is 0 Å². The number of hydrogen-bond acceptors (Lipinski definition) is 2. The molecule has 0 aliphatic rings. The Balaban J connectivity index is 2.56. The largest absolute Gasteiger partial charge is 0.300 e. The number of benzene rings is 1. The van der Waals surface area contributed by atoms with Crippen LogP contribution in [0, 0.1) is 8.34 Å². The smallest absolute Gasteiger partial charge is 0.195 e. The second kappa shape index (κ2) is 5.09. The van der Waals surface area contributed by atoms with Crippen LogP contribution < -0.4 is 0 Å². The minimum Gasteiger partial charge on any atom is -0.300 e. The highest BCUT2D eigenvalue weighted by Gasteiger charge is 2.10. The van der Waals surface area contributed by atoms with Crippen molar-refractivity contribution < 1.29 is 0 Å². The normalized spacial score (nSPS) is 10.6. The summed E-state index contributed by atoms with van der Waals surface area (Å²) < 4.78 is 3.93. The fourth-order valence-electron chi connectivity index (χ4n) is 1.60. The van der Waals surface area contributed by atoms with Crippen LogP contribution in [-0.4, -0.2) is 14.8 Å². The summed E-state index contributed by atoms with van der Waals surface area (Å²) in [7, 11) is 0. The topological polar surface area (TPSA) is 33.6 Å². The van der Waals surface area contributed by atoms with Crippen LogP contribution in [-0.2, 0) is 6.54 Å². The molecular formula is C11H12IN3S. The van der Waals surface area contributed by atoms with Crippen molar-refractivity contribution >= 4 is 34.8 Å². The van der Waals surface area contributed by atoms with Gasteiger partial charge in [0.25, 0.3) is 0 Å². The molecular weight excluding hydrogens is 333 g/mol. The Morgan fingerprint density at radius 3 is 2.88 bits per heavy atom. The molecule has 0 bridgehead atoms. The number of aromatic amines is 1. The van der Waals surface area contributed by atoms with Gasteiger partial charge < -0.3 is 4.57 Å². The summed E-state index contributed by atoms with van der Waals surface area (Å²) in [5, 5.41) is 7.17. The van der Waals surface area contributed by atoms with Gasteiger partial charge in [-0.25, -0.2) is 0 Å². The van der Waals surface area contributed by atoms with E-state index in [-0.39, 0.29) is 0 Å². The number of nitrogens with one attached hydrogen (secondary N) is 1. The molecule has 0 unspecified atom stereocenters. The van der Waals surface area contributed by atoms with Crippen LogP contribution in [0.1, 0.15) is 13.3 Å². The Labute approximate surface area is 113 Å². The molecule has 1 N–H and O–H groups in total. The maximum absolute atomic E-state index is 5.22. The second-order valence-electron chi connectivity index (χ2n) is 3.48. The molecule has 5 heteroatoms. The molecule has 0 atom stereocenters. The lowest BCUT2D eigenvalue weighted by Gasteiger charge is -2.06. The molecule has 0 amide bonds. The summed E-state index contributed by atoms with van der Waals surface area (Å²) in [5.41, 5.74) is 1.13. The van der Waals surface area contributed by atoms with E-state index in [9.17, 15) is 0 Å². The third-order valence-corrected chi connectivity index (χ3v) is 3.57. The number of hydrogen-bond donors (Lipinski definition) is 1. The Kier molecular flexibility index (Phi) is 3.75. The van der Waals surface area contributed by atoms with E-state index in [1.807, 2.05) is 16.7 Å². The van der Waals surface area contributed by atoms with Crippen LogP contribution in [0.25, 0.3) is 11.4 Å². The van der Waals surface area contributed by atoms with E-state index in [1.165, 1.54) is 3.57 Å². The lowest BCUT2D eigenvalue weighted by Crippen LogP contribution is -2.00. The summed E-state index contributed by atoms with van der Waals surface area (Å²) in [6.45, 7) is 3.03. The monoisotopic (exact) mass is 345 g/mol. The maximum atomic E-state index is 5.22. The second-order valence-corrected chi connectivity index (χ2v) is 5.03. The number of halogens is 1. The summed E-state index contributed by atoms with van der Waals surface area (Å²) in [5.74, 6) is 0.928. The van der Waals surface area contributed by atoms with Gasteiger partial charge in [-0.05, 0) is 47.3 Å². The molecule has 0 aliphatic heterocycles. The van der Waals surface area contributed by atoms with Gasteiger partial charge in [-0.15, -0.1) is 0 Å². The van der Waals surface area contributed by atoms with Crippen LogP contribution in [0.15, 0.2) is 24.3 Å². The Morgan fingerprint density at radius 2 is 2.19 bits per heavy atom. The molecule has 1 aromatic carbocycles. The zero-order valence-corrected chi connectivity index (χ0v) is 11.9. The quantitative estimate of drug-likeness (QED) is 0.681. The van der Waals surface area contributed by atoms with Crippen molar-refractivity contribution in [3.8, 4) is 11.4 Å². The molecule has 2 rings (SSSR count). The van der Waals surface area contributed by atoms with E-state index in [0.29, 0.717) is 4.77 Å². The minimum atomic E-state index is 0.691. The van der Waals surface area contributed by atoms with Gasteiger partial charge >= 0.3 is 0 Å². The number of nitrogens with zero attached hydrogens (tertiary/aromatic N) is 2. The van der Waals surface area contributed by atoms with E-state index < -0.39 is 0 Å². The first kappa shape index (κ1) is 11.8. The van der Waals surface area contributed by atoms with E-state index in [1.54, 1.807) is 0 Å². The van der Waals surface area contributed by atoms with Gasteiger partial charge in [-0.1, -0.05) is 25.1 Å². The van der Waals surface area contributed by atoms with Crippen molar-refractivity contribution in [3.05, 3.63) is 32.6 Å². The van der Waals surface area contributed by atoms with Crippen molar-refractivity contribution in [3.63, 3.8) is 0 Å². The molecule has 2 aromatic rings. The molecule has 1 heterocycles. The number of H-pyrrole nitrogens is 1. The Morgan fingerprint density at radius 1 is 1.44 bits per heavy atom. The van der Waals surface area contributed by atoms with Gasteiger partial charge in [0.05, 0.1) is 0 Å². The molecule has 0 radical (unpaired) electrons. The predicted molar refractivity (Wildman–Crippen MR) is 75.9 cm³/mol. The summed E-state index contributed by atoms with van der Waals surface area (Å²) >= 11 is 7.54. The van der Waals surface area contributed by atoms with Crippen molar-refractivity contribution in [1.82, 2.24) is 14.8 Å². The Bertz CT molecular complexity index is 544. The van der Waals surface area contributed by atoms with E-state index in [0.717, 1.165) is 24.4 Å². The first-order valence-corrected chi connectivity index (χ1v) is 6.63. The number of rotatable bonds is 3. The average molecular weight is 345 g/mol. The van der Waals surface area contributed by atoms with Crippen molar-refractivity contribution in [2.24, 2.45) is 0 Å². The predicted octanol–water partition coefficient (Wildman–Crippen LogP) is 3.62. The van der Waals surface area contributed by atoms with Gasteiger partial charge in [0, 0.05) is 15.7 Å². The van der Waals surface area contributed by atoms with Gasteiger partial charge in [0.2, 0.25) is 0 Å². The molecule has 3 nitrogen and oxygen atoms in total. The first-order valence-electron chi connectivity index (χ1n) is 5.14. The van der Waals surface area contributed by atoms with E-state index in [2.05, 4.69) is 51.8 Å². The molecule has 0 saturated heterocycles. The summed E-state index contributed by atoms with van der Waals surface area (Å²) in [6.07, 6.45) is 1.05. The SMILES string of the molecule is CCCn1c(-c2ccccc2I)n[nH]c1=S. The van der Waals surface area contributed by atoms with Crippen molar-refractivity contribution in [2.75, 3.05) is 0 Å². The highest BCUT2D eigenvalue weighted by Crippen LogP contribution is 2.23. The van der Waals surface area contributed by atoms with Gasteiger partial charge in [-0.2, -0.15) is 5.10 Å². The van der Waals surface area contributed by atoms with E-state index in [4.69, 9.17) is 12.2 Å². The Hall–Kier alpha value is -0.690. The summed E-state index contributed by atoms with van der Waals surface area (Å²) in [6, 6.07) is 8.19. The van der Waals surface area contributed by atoms with Crippen LogP contribution in [0.3, 0.4) is 0 Å². The van der Waals surface area contributed by atoms with Crippen LogP contribution in [0.2, 0.25) is 0 Å². The lowest BCUT2D eigenvalue weighted by atomic mass is 10.2. The fourth-order valence-corrected chi connectivity index (χ4v) is 2.45. The average Bonchev–Trinajstić information content (AvgIpc) is 2.62. The van der Waals surface area contributed by atoms with Crippen LogP contribution in [0.4, 0.5) is 0 Å². The minimum absolute atomic E-state index is 0.691. The van der Waals surface area contributed by atoms with Crippen molar-refractivity contribution in [2.45, 2.75) is 19.9 Å². The third kappa shape index (κ3) is 2.20. The van der Waals surface area contributed by atoms with E-state index >= 15 is 0 Å². The highest BCUT2D eigenvalue weighted by molar-refractivity contribution is 14.1. The van der Waals surface area contributed by atoms with Crippen LogP contribution in [0.5, 0.6) is 0 Å². The molecule has 0 saturated carbocycles. The number of aromatic nitrogens is 3. The fraction of sp³-hybridized carbons (Fsp3) is 0.273. The zero-order chi connectivity index (χ0) is 11.5. The third-order valence-electron chi connectivity index (χ3n) is 2.32. The zero-order valence-electron chi connectivity index (χ0n) is 8.90. The highest BCUT2D eigenvalue weighted by atomic mass is 127. The van der Waals surface area contributed by atoms with Crippen LogP contribution >= 0.6 is 34.8 Å². The first-order chi connectivity index (χ1) is 7.74. The molecule has 0 aliphatic carbocycles. The lowest BCUT2D eigenvalue weighted by molar-refractivity contribution is 0.674. The molecule has 84 valence electrons. The van der Waals surface area contributed by atoms with Gasteiger partial charge in [0.15, 0.2) is 10.6 Å². The maximum Gasteiger partial charge on any atom is 0.195 e. The molecule has 1 aromatic heterocycles. The molecule has 0 fully saturated rings.